The van der Waals surface area contributed by atoms with E-state index in [0.717, 1.165) is 6.42 Å². The van der Waals surface area contributed by atoms with Crippen LogP contribution in [-0.4, -0.2) is 6.17 Å². The summed E-state index contributed by atoms with van der Waals surface area (Å²) in [5.74, 6) is 0.0569. The van der Waals surface area contributed by atoms with Gasteiger partial charge >= 0.3 is 0 Å². The Bertz CT molecular complexity index is 156. The fraction of sp³-hybridized carbons (Fsp3) is 0.778. The van der Waals surface area contributed by atoms with Crippen molar-refractivity contribution in [1.82, 2.24) is 0 Å². The Labute approximate surface area is 63.5 Å². The van der Waals surface area contributed by atoms with Gasteiger partial charge in [-0.15, -0.1) is 0 Å². The van der Waals surface area contributed by atoms with Gasteiger partial charge in [-0.05, 0) is 18.7 Å². The molecule has 0 fully saturated rings. The molecule has 0 saturated carbocycles. The maximum atomic E-state index is 13.2. The lowest BCUT2D eigenvalue weighted by Crippen LogP contribution is -2.18. The van der Waals surface area contributed by atoms with E-state index in [9.17, 15) is 4.39 Å². The summed E-state index contributed by atoms with van der Waals surface area (Å²) in [7, 11) is 0. The molecular weight excluding hydrogens is 127 g/mol. The van der Waals surface area contributed by atoms with Crippen LogP contribution < -0.4 is 0 Å². The van der Waals surface area contributed by atoms with Crippen LogP contribution in [0.1, 0.15) is 28.0 Å². The molecule has 0 nitrogen and oxygen atoms in total. The van der Waals surface area contributed by atoms with Crippen LogP contribution in [0.15, 0.2) is 12.2 Å². The summed E-state index contributed by atoms with van der Waals surface area (Å²) in [6.07, 6.45) is 3.24. The van der Waals surface area contributed by atoms with Crippen molar-refractivity contribution < 1.29 is 5.76 Å². The first-order chi connectivity index (χ1) is 5.16. The number of hydrogen-bond donors (Lipinski definition) is 0. The molecule has 10 heavy (non-hydrogen) atoms. The summed E-state index contributed by atoms with van der Waals surface area (Å²) in [5.41, 5.74) is 0. The van der Waals surface area contributed by atoms with Crippen molar-refractivity contribution >= 4 is 0 Å². The minimum atomic E-state index is -0.968. The van der Waals surface area contributed by atoms with Crippen LogP contribution in [-0.2, 0) is 0 Å². The van der Waals surface area contributed by atoms with Gasteiger partial charge < -0.3 is 0 Å². The van der Waals surface area contributed by atoms with E-state index in [4.69, 9.17) is 1.37 Å². The number of halogens is 1. The summed E-state index contributed by atoms with van der Waals surface area (Å²) >= 11 is 0. The van der Waals surface area contributed by atoms with Gasteiger partial charge in [0.2, 0.25) is 0 Å². The highest BCUT2D eigenvalue weighted by Gasteiger charge is 2.21. The van der Waals surface area contributed by atoms with Crippen molar-refractivity contribution in [1.29, 1.82) is 0 Å². The molecule has 0 radical (unpaired) electrons. The van der Waals surface area contributed by atoms with Gasteiger partial charge in [-0.25, -0.2) is 4.39 Å². The molecule has 1 heteroatoms. The van der Waals surface area contributed by atoms with Crippen LogP contribution in [0, 0.1) is 11.8 Å². The van der Waals surface area contributed by atoms with Gasteiger partial charge in [-0.3, -0.25) is 0 Å². The molecule has 0 N–H and O–H groups in total. The Hall–Kier alpha value is -0.330. The first-order valence-corrected chi connectivity index (χ1v) is 3.91. The van der Waals surface area contributed by atoms with Crippen molar-refractivity contribution in [2.45, 2.75) is 32.8 Å². The lowest BCUT2D eigenvalue weighted by molar-refractivity contribution is 0.222. The second-order valence-electron chi connectivity index (χ2n) is 2.95. The van der Waals surface area contributed by atoms with E-state index in [1.54, 1.807) is 0 Å². The Balaban J connectivity index is 2.68. The summed E-state index contributed by atoms with van der Waals surface area (Å²) < 4.78 is 20.7. The predicted octanol–water partition coefficient (Wildman–Crippen LogP) is 2.95. The van der Waals surface area contributed by atoms with Gasteiger partial charge in [-0.1, -0.05) is 26.0 Å². The molecule has 0 saturated heterocycles. The summed E-state index contributed by atoms with van der Waals surface area (Å²) in [4.78, 5) is 0. The van der Waals surface area contributed by atoms with E-state index in [2.05, 4.69) is 0 Å². The largest absolute Gasteiger partial charge is 0.247 e. The number of allylic oxidation sites excluding steroid dienone is 2. The zero-order valence-electron chi connectivity index (χ0n) is 7.55. The molecule has 58 valence electrons. The third-order valence-corrected chi connectivity index (χ3v) is 2.07. The Morgan fingerprint density at radius 3 is 3.00 bits per heavy atom. The lowest BCUT2D eigenvalue weighted by Gasteiger charge is -2.22. The topological polar surface area (TPSA) is 0 Å². The van der Waals surface area contributed by atoms with Crippen LogP contribution in [0.4, 0.5) is 4.39 Å². The minimum Gasteiger partial charge on any atom is -0.247 e. The zero-order chi connectivity index (χ0) is 8.43. The second kappa shape index (κ2) is 3.18. The molecule has 0 amide bonds. The van der Waals surface area contributed by atoms with Crippen LogP contribution in [0.2, 0.25) is 0 Å². The minimum absolute atomic E-state index is 0.0692. The quantitative estimate of drug-likeness (QED) is 0.496. The lowest BCUT2D eigenvalue weighted by atomic mass is 9.87. The Morgan fingerprint density at radius 1 is 1.70 bits per heavy atom. The van der Waals surface area contributed by atoms with E-state index in [1.165, 1.54) is 0 Å². The molecule has 0 aromatic rings. The average Bonchev–Trinajstić information content (AvgIpc) is 2.01. The Kier molecular flexibility index (Phi) is 2.03. The van der Waals surface area contributed by atoms with E-state index in [0.29, 0.717) is 0 Å². The van der Waals surface area contributed by atoms with Crippen molar-refractivity contribution in [3.05, 3.63) is 12.2 Å². The van der Waals surface area contributed by atoms with E-state index >= 15 is 0 Å². The molecule has 0 unspecified atom stereocenters. The van der Waals surface area contributed by atoms with Crippen LogP contribution in [0.3, 0.4) is 0 Å². The molecule has 0 bridgehead atoms. The van der Waals surface area contributed by atoms with E-state index < -0.39 is 12.6 Å². The highest BCUT2D eigenvalue weighted by molar-refractivity contribution is 4.99. The predicted molar refractivity (Wildman–Crippen MR) is 41.6 cm³/mol. The molecule has 0 aromatic carbocycles. The third-order valence-electron chi connectivity index (χ3n) is 2.07. The van der Waals surface area contributed by atoms with Crippen molar-refractivity contribution in [3.63, 3.8) is 0 Å². The summed E-state index contributed by atoms with van der Waals surface area (Å²) in [5, 5.41) is 0. The fourth-order valence-corrected chi connectivity index (χ4v) is 1.17. The highest BCUT2D eigenvalue weighted by atomic mass is 19.1. The van der Waals surface area contributed by atoms with Gasteiger partial charge in [-0.2, -0.15) is 0 Å². The van der Waals surface area contributed by atoms with Crippen molar-refractivity contribution in [2.24, 2.45) is 11.8 Å². The normalized spacial score (nSPS) is 48.9. The molecular formula is C9H15F. The summed E-state index contributed by atoms with van der Waals surface area (Å²) in [6, 6.07) is 0. The van der Waals surface area contributed by atoms with Gasteiger partial charge in [0.05, 0.1) is 0 Å². The third kappa shape index (κ3) is 1.59. The average molecular weight is 144 g/mol. The molecule has 0 aromatic heterocycles. The molecule has 0 spiro atoms. The molecule has 1 aliphatic rings. The number of alkyl halides is 1. The first kappa shape index (κ1) is 6.38. The molecule has 0 aliphatic heterocycles. The highest BCUT2D eigenvalue weighted by Crippen LogP contribution is 2.26. The maximum Gasteiger partial charge on any atom is 0.107 e. The van der Waals surface area contributed by atoms with Crippen LogP contribution >= 0.6 is 0 Å². The van der Waals surface area contributed by atoms with Gasteiger partial charge in [0.1, 0.15) is 6.17 Å². The SMILES string of the molecule is [3H][C@H]1[C@@H](F)[C@H](C)C=C[C@@H]1CC. The van der Waals surface area contributed by atoms with Gasteiger partial charge in [0.15, 0.2) is 0 Å². The van der Waals surface area contributed by atoms with Crippen molar-refractivity contribution in [2.75, 3.05) is 0 Å². The summed E-state index contributed by atoms with van der Waals surface area (Å²) in [6.45, 7) is 3.83. The smallest absolute Gasteiger partial charge is 0.107 e. The van der Waals surface area contributed by atoms with E-state index in [1.807, 2.05) is 26.0 Å². The molecule has 0 heterocycles. The molecule has 1 rings (SSSR count). The number of hydrogen-bond acceptors (Lipinski definition) is 0. The number of rotatable bonds is 1. The monoisotopic (exact) mass is 144 g/mol. The van der Waals surface area contributed by atoms with Gasteiger partial charge in [0, 0.05) is 7.29 Å². The second-order valence-corrected chi connectivity index (χ2v) is 2.95. The molecule has 4 atom stereocenters. The zero-order valence-corrected chi connectivity index (χ0v) is 6.55. The fourth-order valence-electron chi connectivity index (χ4n) is 1.17. The van der Waals surface area contributed by atoms with Crippen LogP contribution in [0.25, 0.3) is 0 Å². The maximum absolute atomic E-state index is 13.2. The molecule has 1 aliphatic carbocycles. The van der Waals surface area contributed by atoms with Gasteiger partial charge in [0.25, 0.3) is 0 Å². The first-order valence-electron chi connectivity index (χ1n) is 4.49. The van der Waals surface area contributed by atoms with Crippen molar-refractivity contribution in [3.8, 4) is 0 Å². The Morgan fingerprint density at radius 2 is 2.40 bits per heavy atom. The van der Waals surface area contributed by atoms with E-state index in [-0.39, 0.29) is 11.8 Å². The standard InChI is InChI=1S/C9H15F/c1-3-8-5-4-7(2)9(10)6-8/h4-5,7-9H,3,6H2,1-2H3/t7-,8+,9-/m1/s1/i6T/t6-,7-,8+,9-. The van der Waals surface area contributed by atoms with Crippen LogP contribution in [0.5, 0.6) is 0 Å².